The summed E-state index contributed by atoms with van der Waals surface area (Å²) >= 11 is 5.89. The number of nitrogens with zero attached hydrogens (tertiary/aromatic N) is 1. The summed E-state index contributed by atoms with van der Waals surface area (Å²) in [5, 5.41) is 20.0. The van der Waals surface area contributed by atoms with Crippen molar-refractivity contribution in [2.24, 2.45) is 0 Å². The number of benzene rings is 1. The van der Waals surface area contributed by atoms with E-state index >= 15 is 0 Å². The topological polar surface area (TPSA) is 83.4 Å². The molecule has 0 amide bonds. The SMILES string of the molecule is C1COCCN1.CC1=C(C(=O)OCc2ccccc2)C(c2ccsc2)C(C#N)=C(S)N1. The number of carbonyl (C=O) groups excluding carboxylic acids is 1. The molecule has 3 heterocycles. The Kier molecular flexibility index (Phi) is 8.74. The van der Waals surface area contributed by atoms with E-state index < -0.39 is 11.9 Å². The molecular weight excluding hydrogens is 430 g/mol. The van der Waals surface area contributed by atoms with Crippen LogP contribution < -0.4 is 10.6 Å². The monoisotopic (exact) mass is 455 g/mol. The van der Waals surface area contributed by atoms with E-state index in [1.165, 1.54) is 11.3 Å². The van der Waals surface area contributed by atoms with Crippen LogP contribution in [0.3, 0.4) is 0 Å². The van der Waals surface area contributed by atoms with Crippen LogP contribution in [0.15, 0.2) is 69.0 Å². The minimum Gasteiger partial charge on any atom is -0.457 e. The highest BCUT2D eigenvalue weighted by atomic mass is 32.1. The van der Waals surface area contributed by atoms with Crippen LogP contribution in [0.2, 0.25) is 0 Å². The van der Waals surface area contributed by atoms with Crippen molar-refractivity contribution >= 4 is 29.9 Å². The van der Waals surface area contributed by atoms with E-state index in [0.29, 0.717) is 21.9 Å². The average Bonchev–Trinajstić information content (AvgIpc) is 3.34. The van der Waals surface area contributed by atoms with Gasteiger partial charge in [-0.15, -0.1) is 12.6 Å². The second kappa shape index (κ2) is 11.7. The van der Waals surface area contributed by atoms with Gasteiger partial charge in [-0.1, -0.05) is 30.3 Å². The summed E-state index contributed by atoms with van der Waals surface area (Å²) in [5.74, 6) is -0.896. The van der Waals surface area contributed by atoms with Crippen molar-refractivity contribution < 1.29 is 14.3 Å². The highest BCUT2D eigenvalue weighted by Gasteiger charge is 2.34. The van der Waals surface area contributed by atoms with E-state index in [0.717, 1.165) is 37.4 Å². The summed E-state index contributed by atoms with van der Waals surface area (Å²) in [6.45, 7) is 5.81. The van der Waals surface area contributed by atoms with Gasteiger partial charge in [0, 0.05) is 18.8 Å². The molecule has 6 nitrogen and oxygen atoms in total. The molecule has 0 saturated carbocycles. The van der Waals surface area contributed by atoms with Gasteiger partial charge in [0.1, 0.15) is 6.61 Å². The van der Waals surface area contributed by atoms with Gasteiger partial charge in [0.2, 0.25) is 0 Å². The van der Waals surface area contributed by atoms with Crippen LogP contribution in [-0.4, -0.2) is 32.3 Å². The Morgan fingerprint density at radius 3 is 2.58 bits per heavy atom. The lowest BCUT2D eigenvalue weighted by Gasteiger charge is -2.27. The quantitative estimate of drug-likeness (QED) is 0.481. The maximum absolute atomic E-state index is 12.8. The van der Waals surface area contributed by atoms with Crippen LogP contribution >= 0.6 is 24.0 Å². The molecule has 162 valence electrons. The van der Waals surface area contributed by atoms with Gasteiger partial charge in [0.15, 0.2) is 0 Å². The third-order valence-corrected chi connectivity index (χ3v) is 5.87. The van der Waals surface area contributed by atoms with Gasteiger partial charge < -0.3 is 20.1 Å². The number of dihydropyridines is 1. The third-order valence-electron chi connectivity index (χ3n) is 4.82. The predicted octanol–water partition coefficient (Wildman–Crippen LogP) is 3.72. The van der Waals surface area contributed by atoms with Crippen LogP contribution in [0.5, 0.6) is 0 Å². The normalized spacial score (nSPS) is 18.4. The van der Waals surface area contributed by atoms with Crippen molar-refractivity contribution in [3.05, 3.63) is 80.2 Å². The summed E-state index contributed by atoms with van der Waals surface area (Å²) in [5.41, 5.74) is 3.32. The van der Waals surface area contributed by atoms with Gasteiger partial charge in [-0.2, -0.15) is 16.6 Å². The number of hydrogen-bond donors (Lipinski definition) is 3. The molecule has 2 N–H and O–H groups in total. The Labute approximate surface area is 192 Å². The molecule has 8 heteroatoms. The fourth-order valence-electron chi connectivity index (χ4n) is 3.29. The summed E-state index contributed by atoms with van der Waals surface area (Å²) in [6.07, 6.45) is 0. The van der Waals surface area contributed by atoms with Crippen LogP contribution in [0.4, 0.5) is 0 Å². The zero-order valence-electron chi connectivity index (χ0n) is 17.3. The van der Waals surface area contributed by atoms with Crippen molar-refractivity contribution in [1.29, 1.82) is 5.26 Å². The lowest BCUT2D eigenvalue weighted by Crippen LogP contribution is -2.30. The van der Waals surface area contributed by atoms with Crippen LogP contribution in [0.1, 0.15) is 24.0 Å². The number of nitriles is 1. The third kappa shape index (κ3) is 6.21. The molecule has 4 rings (SSSR count). The Hall–Kier alpha value is -2.57. The minimum atomic E-state index is -0.465. The van der Waals surface area contributed by atoms with Gasteiger partial charge >= 0.3 is 5.97 Å². The van der Waals surface area contributed by atoms with E-state index in [4.69, 9.17) is 9.47 Å². The fourth-order valence-corrected chi connectivity index (χ4v) is 4.32. The van der Waals surface area contributed by atoms with Crippen LogP contribution in [-0.2, 0) is 20.9 Å². The molecule has 1 fully saturated rings. The van der Waals surface area contributed by atoms with Crippen molar-refractivity contribution in [3.63, 3.8) is 0 Å². The predicted molar refractivity (Wildman–Crippen MR) is 124 cm³/mol. The lowest BCUT2D eigenvalue weighted by molar-refractivity contribution is -0.140. The number of hydrogen-bond acceptors (Lipinski definition) is 8. The summed E-state index contributed by atoms with van der Waals surface area (Å²) in [4.78, 5) is 12.8. The number of rotatable bonds is 4. The zero-order chi connectivity index (χ0) is 22.1. The van der Waals surface area contributed by atoms with Gasteiger partial charge in [-0.05, 0) is 34.9 Å². The highest BCUT2D eigenvalue weighted by molar-refractivity contribution is 7.84. The summed E-state index contributed by atoms with van der Waals surface area (Å²) in [7, 11) is 0. The van der Waals surface area contributed by atoms with Gasteiger partial charge in [0.05, 0.1) is 41.4 Å². The number of nitrogens with one attached hydrogen (secondary N) is 2. The molecule has 1 unspecified atom stereocenters. The molecule has 2 aliphatic rings. The van der Waals surface area contributed by atoms with Crippen LogP contribution in [0, 0.1) is 11.3 Å². The number of morpholine rings is 1. The number of carbonyl (C=O) groups is 1. The second-order valence-corrected chi connectivity index (χ2v) is 8.18. The number of esters is 1. The Morgan fingerprint density at radius 1 is 1.29 bits per heavy atom. The molecule has 31 heavy (non-hydrogen) atoms. The van der Waals surface area contributed by atoms with E-state index in [1.807, 2.05) is 47.2 Å². The molecule has 2 aliphatic heterocycles. The largest absolute Gasteiger partial charge is 0.457 e. The first-order chi connectivity index (χ1) is 15.1. The summed E-state index contributed by atoms with van der Waals surface area (Å²) < 4.78 is 10.5. The Balaban J connectivity index is 0.000000391. The van der Waals surface area contributed by atoms with E-state index in [1.54, 1.807) is 6.92 Å². The lowest BCUT2D eigenvalue weighted by atomic mass is 9.84. The molecule has 1 aromatic carbocycles. The van der Waals surface area contributed by atoms with E-state index in [-0.39, 0.29) is 6.61 Å². The molecule has 0 radical (unpaired) electrons. The Morgan fingerprint density at radius 2 is 2.03 bits per heavy atom. The molecule has 1 aromatic heterocycles. The molecule has 0 spiro atoms. The zero-order valence-corrected chi connectivity index (χ0v) is 19.0. The Bertz CT molecular complexity index is 964. The van der Waals surface area contributed by atoms with E-state index in [2.05, 4.69) is 29.3 Å². The molecule has 1 atom stereocenters. The molecule has 1 saturated heterocycles. The number of thiophene rings is 1. The second-order valence-electron chi connectivity index (χ2n) is 6.95. The molecule has 2 aromatic rings. The molecule has 0 aliphatic carbocycles. The van der Waals surface area contributed by atoms with Crippen molar-refractivity contribution in [2.45, 2.75) is 19.4 Å². The van der Waals surface area contributed by atoms with Gasteiger partial charge in [0.25, 0.3) is 0 Å². The number of thiol groups is 1. The van der Waals surface area contributed by atoms with Gasteiger partial charge in [-0.25, -0.2) is 4.79 Å². The fraction of sp³-hybridized carbons (Fsp3) is 0.304. The van der Waals surface area contributed by atoms with E-state index in [9.17, 15) is 10.1 Å². The first-order valence-corrected chi connectivity index (χ1v) is 11.3. The number of allylic oxidation sites excluding steroid dienone is 2. The standard InChI is InChI=1S/C19H16N2O2S2.C4H9NO/c1-12-16(19(22)23-10-13-5-3-2-4-6-13)17(14-7-8-25-11-14)15(9-20)18(24)21-12;1-3-6-4-2-5-1/h2-8,11,17,21,24H,10H2,1H3;5H,1-4H2. The van der Waals surface area contributed by atoms with Crippen LogP contribution in [0.25, 0.3) is 0 Å². The summed E-state index contributed by atoms with van der Waals surface area (Å²) in [6, 6.07) is 13.6. The average molecular weight is 456 g/mol. The van der Waals surface area contributed by atoms with Crippen molar-refractivity contribution in [2.75, 3.05) is 26.3 Å². The highest BCUT2D eigenvalue weighted by Crippen LogP contribution is 2.39. The minimum absolute atomic E-state index is 0.187. The van der Waals surface area contributed by atoms with Crippen molar-refractivity contribution in [3.8, 4) is 6.07 Å². The first kappa shape index (κ1) is 23.1. The number of ether oxygens (including phenoxy) is 2. The van der Waals surface area contributed by atoms with Gasteiger partial charge in [-0.3, -0.25) is 0 Å². The van der Waals surface area contributed by atoms with Crippen molar-refractivity contribution in [1.82, 2.24) is 10.6 Å². The molecular formula is C23H25N3O3S2. The molecule has 0 bridgehead atoms. The smallest absolute Gasteiger partial charge is 0.337 e. The maximum atomic E-state index is 12.8. The maximum Gasteiger partial charge on any atom is 0.337 e. The first-order valence-electron chi connectivity index (χ1n) is 9.94.